The van der Waals surface area contributed by atoms with Crippen molar-refractivity contribution in [1.82, 2.24) is 4.31 Å². The number of rotatable bonds is 4. The van der Waals surface area contributed by atoms with Crippen molar-refractivity contribution in [3.05, 3.63) is 35.4 Å². The molecule has 0 spiro atoms. The van der Waals surface area contributed by atoms with Crippen LogP contribution in [0.2, 0.25) is 0 Å². The van der Waals surface area contributed by atoms with Crippen LogP contribution in [0.25, 0.3) is 0 Å². The van der Waals surface area contributed by atoms with E-state index in [9.17, 15) is 8.42 Å². The van der Waals surface area contributed by atoms with Gasteiger partial charge in [-0.3, -0.25) is 0 Å². The summed E-state index contributed by atoms with van der Waals surface area (Å²) in [4.78, 5) is 0. The number of nitrogens with two attached hydrogens (primary N) is 1. The average molecular weight is 282 g/mol. The second kappa shape index (κ2) is 5.23. The van der Waals surface area contributed by atoms with Crippen molar-refractivity contribution in [3.63, 3.8) is 0 Å². The van der Waals surface area contributed by atoms with Crippen molar-refractivity contribution in [3.8, 4) is 0 Å². The second-order valence-electron chi connectivity index (χ2n) is 6.03. The molecule has 1 aliphatic rings. The van der Waals surface area contributed by atoms with Gasteiger partial charge in [0.1, 0.15) is 0 Å². The lowest BCUT2D eigenvalue weighted by atomic mass is 9.93. The molecule has 1 aliphatic heterocycles. The Hall–Kier alpha value is -0.910. The lowest BCUT2D eigenvalue weighted by Crippen LogP contribution is -2.31. The first-order chi connectivity index (χ1) is 8.82. The Labute approximate surface area is 115 Å². The third-order valence-corrected chi connectivity index (χ3v) is 5.41. The quantitative estimate of drug-likeness (QED) is 0.914. The van der Waals surface area contributed by atoms with Crippen LogP contribution in [0.15, 0.2) is 24.3 Å². The van der Waals surface area contributed by atoms with E-state index in [1.807, 2.05) is 24.3 Å². The molecule has 0 radical (unpaired) electrons. The average Bonchev–Trinajstić information content (AvgIpc) is 2.70. The van der Waals surface area contributed by atoms with E-state index in [1.54, 1.807) is 4.31 Å². The highest BCUT2D eigenvalue weighted by atomic mass is 32.2. The number of hydrogen-bond donors (Lipinski definition) is 1. The molecule has 1 aromatic carbocycles. The predicted molar refractivity (Wildman–Crippen MR) is 76.9 cm³/mol. The molecule has 0 bridgehead atoms. The van der Waals surface area contributed by atoms with Gasteiger partial charge in [0.25, 0.3) is 0 Å². The molecule has 2 N–H and O–H groups in total. The van der Waals surface area contributed by atoms with Gasteiger partial charge < -0.3 is 5.73 Å². The molecule has 19 heavy (non-hydrogen) atoms. The molecule has 0 atom stereocenters. The highest BCUT2D eigenvalue weighted by Crippen LogP contribution is 2.31. The molecule has 1 fully saturated rings. The summed E-state index contributed by atoms with van der Waals surface area (Å²) in [5.74, 6) is 0.0664. The Kier molecular flexibility index (Phi) is 3.99. The van der Waals surface area contributed by atoms with Crippen molar-refractivity contribution in [2.45, 2.75) is 32.6 Å². The normalized spacial score (nSPS) is 19.7. The lowest BCUT2D eigenvalue weighted by molar-refractivity contribution is 0.375. The first-order valence-corrected chi connectivity index (χ1v) is 8.19. The minimum atomic E-state index is -3.22. The van der Waals surface area contributed by atoms with Crippen molar-refractivity contribution in [1.29, 1.82) is 0 Å². The van der Waals surface area contributed by atoms with E-state index in [-0.39, 0.29) is 11.2 Å². The lowest BCUT2D eigenvalue weighted by Gasteiger charge is -2.19. The fraction of sp³-hybridized carbons (Fsp3) is 0.571. The van der Waals surface area contributed by atoms with E-state index < -0.39 is 10.0 Å². The first-order valence-electron chi connectivity index (χ1n) is 6.58. The summed E-state index contributed by atoms with van der Waals surface area (Å²) >= 11 is 0. The Morgan fingerprint density at radius 2 is 2.00 bits per heavy atom. The van der Waals surface area contributed by atoms with E-state index in [0.29, 0.717) is 19.6 Å². The van der Waals surface area contributed by atoms with Gasteiger partial charge in [0.15, 0.2) is 0 Å². The summed E-state index contributed by atoms with van der Waals surface area (Å²) in [6.07, 6.45) is 0.926. The molecule has 106 valence electrons. The Bertz CT molecular complexity index is 552. The maximum Gasteiger partial charge on any atom is 0.218 e. The fourth-order valence-electron chi connectivity index (χ4n) is 2.45. The molecule has 0 amide bonds. The summed E-state index contributed by atoms with van der Waals surface area (Å²) in [7, 11) is -3.22. The molecule has 1 saturated heterocycles. The maximum atomic E-state index is 12.4. The largest absolute Gasteiger partial charge is 0.326 e. The minimum absolute atomic E-state index is 0.0664. The highest BCUT2D eigenvalue weighted by molar-refractivity contribution is 7.88. The standard InChI is InChI=1S/C14H22N2O2S/c1-14(2)6-7-16(11-14)19(17,18)10-13-5-3-4-12(8-13)9-15/h3-5,8H,6-7,9-11,15H2,1-2H3. The molecular formula is C14H22N2O2S. The van der Waals surface area contributed by atoms with Crippen LogP contribution in [0.4, 0.5) is 0 Å². The highest BCUT2D eigenvalue weighted by Gasteiger charge is 2.35. The van der Waals surface area contributed by atoms with E-state index >= 15 is 0 Å². The van der Waals surface area contributed by atoms with Crippen LogP contribution < -0.4 is 5.73 Å². The van der Waals surface area contributed by atoms with Crippen LogP contribution in [0, 0.1) is 5.41 Å². The predicted octanol–water partition coefficient (Wildman–Crippen LogP) is 1.71. The zero-order valence-electron chi connectivity index (χ0n) is 11.6. The SMILES string of the molecule is CC1(C)CCN(S(=O)(=O)Cc2cccc(CN)c2)C1. The molecule has 0 unspecified atom stereocenters. The molecule has 1 heterocycles. The summed E-state index contributed by atoms with van der Waals surface area (Å²) in [5.41, 5.74) is 7.45. The van der Waals surface area contributed by atoms with Crippen LogP contribution >= 0.6 is 0 Å². The van der Waals surface area contributed by atoms with E-state index in [4.69, 9.17) is 5.73 Å². The van der Waals surface area contributed by atoms with Crippen LogP contribution in [-0.4, -0.2) is 25.8 Å². The first kappa shape index (κ1) is 14.5. The molecule has 0 aliphatic carbocycles. The molecule has 4 nitrogen and oxygen atoms in total. The fourth-order valence-corrected chi connectivity index (χ4v) is 4.15. The van der Waals surface area contributed by atoms with Crippen LogP contribution in [0.5, 0.6) is 0 Å². The van der Waals surface area contributed by atoms with Crippen molar-refractivity contribution < 1.29 is 8.42 Å². The summed E-state index contributed by atoms with van der Waals surface area (Å²) in [6, 6.07) is 7.49. The number of hydrogen-bond acceptors (Lipinski definition) is 3. The number of benzene rings is 1. The van der Waals surface area contributed by atoms with Gasteiger partial charge in [0, 0.05) is 19.6 Å². The molecular weight excluding hydrogens is 260 g/mol. The van der Waals surface area contributed by atoms with Gasteiger partial charge in [0.05, 0.1) is 5.75 Å². The van der Waals surface area contributed by atoms with Crippen LogP contribution in [0.3, 0.4) is 0 Å². The number of sulfonamides is 1. The zero-order valence-corrected chi connectivity index (χ0v) is 12.4. The van der Waals surface area contributed by atoms with Gasteiger partial charge in [-0.05, 0) is 23.0 Å². The van der Waals surface area contributed by atoms with E-state index in [0.717, 1.165) is 17.5 Å². The summed E-state index contributed by atoms with van der Waals surface area (Å²) in [6.45, 7) is 5.90. The summed E-state index contributed by atoms with van der Waals surface area (Å²) in [5, 5.41) is 0. The van der Waals surface area contributed by atoms with Gasteiger partial charge >= 0.3 is 0 Å². The van der Waals surface area contributed by atoms with Crippen LogP contribution in [-0.2, 0) is 22.3 Å². The molecule has 0 saturated carbocycles. The molecule has 5 heteroatoms. The van der Waals surface area contributed by atoms with E-state index in [2.05, 4.69) is 13.8 Å². The Balaban J connectivity index is 2.13. The third kappa shape index (κ3) is 3.55. The van der Waals surface area contributed by atoms with Crippen LogP contribution in [0.1, 0.15) is 31.4 Å². The van der Waals surface area contributed by atoms with Crippen molar-refractivity contribution in [2.75, 3.05) is 13.1 Å². The molecule has 2 rings (SSSR count). The molecule has 0 aromatic heterocycles. The van der Waals surface area contributed by atoms with Gasteiger partial charge in [-0.15, -0.1) is 0 Å². The Morgan fingerprint density at radius 3 is 2.58 bits per heavy atom. The maximum absolute atomic E-state index is 12.4. The Morgan fingerprint density at radius 1 is 1.32 bits per heavy atom. The van der Waals surface area contributed by atoms with Crippen molar-refractivity contribution in [2.24, 2.45) is 11.1 Å². The van der Waals surface area contributed by atoms with E-state index in [1.165, 1.54) is 0 Å². The summed E-state index contributed by atoms with van der Waals surface area (Å²) < 4.78 is 26.4. The van der Waals surface area contributed by atoms with Gasteiger partial charge in [-0.1, -0.05) is 38.1 Å². The molecule has 1 aromatic rings. The van der Waals surface area contributed by atoms with Gasteiger partial charge in [-0.25, -0.2) is 12.7 Å². The second-order valence-corrected chi connectivity index (χ2v) is 8.00. The van der Waals surface area contributed by atoms with Gasteiger partial charge in [0.2, 0.25) is 10.0 Å². The smallest absolute Gasteiger partial charge is 0.218 e. The monoisotopic (exact) mass is 282 g/mol. The van der Waals surface area contributed by atoms with Crippen molar-refractivity contribution >= 4 is 10.0 Å². The van der Waals surface area contributed by atoms with Gasteiger partial charge in [-0.2, -0.15) is 0 Å². The number of nitrogens with zero attached hydrogens (tertiary/aromatic N) is 1. The minimum Gasteiger partial charge on any atom is -0.326 e. The zero-order chi connectivity index (χ0) is 14.1. The topological polar surface area (TPSA) is 63.4 Å². The third-order valence-electron chi connectivity index (χ3n) is 3.61.